The number of ketones is 1. The minimum Gasteiger partial charge on any atom is -0.461 e. The maximum Gasteiger partial charge on any atom is 0.196 e. The molecule has 16 heavy (non-hydrogen) atoms. The van der Waals surface area contributed by atoms with Gasteiger partial charge in [-0.25, -0.2) is 0 Å². The van der Waals surface area contributed by atoms with Crippen molar-refractivity contribution in [2.75, 3.05) is 0 Å². The summed E-state index contributed by atoms with van der Waals surface area (Å²) in [5, 5.41) is 0.532. The van der Waals surface area contributed by atoms with Gasteiger partial charge in [0.2, 0.25) is 0 Å². The Morgan fingerprint density at radius 2 is 2.00 bits per heavy atom. The fraction of sp³-hybridized carbons (Fsp3) is 0.231. The largest absolute Gasteiger partial charge is 0.461 e. The second-order valence-corrected chi connectivity index (χ2v) is 3.84. The van der Waals surface area contributed by atoms with Crippen LogP contribution in [0, 0.1) is 6.92 Å². The molecule has 0 amide bonds. The third-order valence-corrected chi connectivity index (χ3v) is 2.52. The predicted molar refractivity (Wildman–Crippen MR) is 61.6 cm³/mol. The molecule has 3 nitrogen and oxygen atoms in total. The van der Waals surface area contributed by atoms with Gasteiger partial charge in [-0.15, -0.1) is 0 Å². The minimum absolute atomic E-state index is 0.0364. The first-order chi connectivity index (χ1) is 7.59. The number of benzene rings is 1. The Balaban J connectivity index is 2.76. The number of carbonyl (C=O) groups is 1. The van der Waals surface area contributed by atoms with Crippen LogP contribution in [0.1, 0.15) is 18.2 Å². The number of aryl methyl sites for hydroxylation is 1. The van der Waals surface area contributed by atoms with Gasteiger partial charge in [0.1, 0.15) is 17.1 Å². The van der Waals surface area contributed by atoms with Gasteiger partial charge >= 0.3 is 0 Å². The zero-order chi connectivity index (χ0) is 11.7. The van der Waals surface area contributed by atoms with Gasteiger partial charge < -0.3 is 4.42 Å². The van der Waals surface area contributed by atoms with Gasteiger partial charge in [0.25, 0.3) is 0 Å². The monoisotopic (exact) mass is 216 g/mol. The van der Waals surface area contributed by atoms with E-state index in [9.17, 15) is 9.59 Å². The molecule has 0 fully saturated rings. The highest BCUT2D eigenvalue weighted by Crippen LogP contribution is 2.15. The lowest BCUT2D eigenvalue weighted by Gasteiger charge is -2.04. The maximum atomic E-state index is 12.1. The Labute approximate surface area is 92.7 Å². The molecule has 0 aliphatic carbocycles. The molecule has 3 heteroatoms. The second kappa shape index (κ2) is 3.93. The third kappa shape index (κ3) is 1.76. The molecule has 2 rings (SSSR count). The molecule has 0 spiro atoms. The van der Waals surface area contributed by atoms with Crippen molar-refractivity contribution in [1.29, 1.82) is 0 Å². The lowest BCUT2D eigenvalue weighted by molar-refractivity contribution is -0.116. The van der Waals surface area contributed by atoms with Gasteiger partial charge in [0, 0.05) is 12.0 Å². The summed E-state index contributed by atoms with van der Waals surface area (Å²) in [5.74, 6) is 0.490. The van der Waals surface area contributed by atoms with Gasteiger partial charge in [0.05, 0.1) is 5.39 Å². The average Bonchev–Trinajstić information content (AvgIpc) is 2.24. The highest BCUT2D eigenvalue weighted by atomic mass is 16.3. The van der Waals surface area contributed by atoms with E-state index in [4.69, 9.17) is 4.42 Å². The van der Waals surface area contributed by atoms with E-state index < -0.39 is 0 Å². The normalized spacial score (nSPS) is 10.6. The smallest absolute Gasteiger partial charge is 0.196 e. The Hall–Kier alpha value is -1.90. The first-order valence-corrected chi connectivity index (χ1v) is 5.10. The molecule has 0 radical (unpaired) electrons. The molecule has 1 aromatic heterocycles. The molecular weight excluding hydrogens is 204 g/mol. The summed E-state index contributed by atoms with van der Waals surface area (Å²) in [7, 11) is 0. The van der Waals surface area contributed by atoms with E-state index in [0.29, 0.717) is 22.3 Å². The van der Waals surface area contributed by atoms with E-state index in [0.717, 1.165) is 0 Å². The summed E-state index contributed by atoms with van der Waals surface area (Å²) in [4.78, 5) is 23.1. The topological polar surface area (TPSA) is 47.3 Å². The van der Waals surface area contributed by atoms with Gasteiger partial charge in [-0.3, -0.25) is 9.59 Å². The summed E-state index contributed by atoms with van der Waals surface area (Å²) in [6, 6.07) is 7.06. The van der Waals surface area contributed by atoms with Crippen molar-refractivity contribution in [2.45, 2.75) is 20.3 Å². The Bertz CT molecular complexity index is 608. The fourth-order valence-electron chi connectivity index (χ4n) is 1.75. The zero-order valence-corrected chi connectivity index (χ0v) is 9.24. The van der Waals surface area contributed by atoms with E-state index in [-0.39, 0.29) is 17.6 Å². The van der Waals surface area contributed by atoms with E-state index in [1.54, 1.807) is 25.1 Å². The molecule has 0 N–H and O–H groups in total. The van der Waals surface area contributed by atoms with Crippen LogP contribution in [0.4, 0.5) is 0 Å². The highest BCUT2D eigenvalue weighted by molar-refractivity contribution is 5.81. The lowest BCUT2D eigenvalue weighted by Crippen LogP contribution is -2.14. The van der Waals surface area contributed by atoms with E-state index in [2.05, 4.69) is 0 Å². The van der Waals surface area contributed by atoms with Gasteiger partial charge in [0.15, 0.2) is 5.43 Å². The van der Waals surface area contributed by atoms with Crippen LogP contribution in [0.25, 0.3) is 11.0 Å². The number of carbonyl (C=O) groups excluding carboxylic acids is 1. The second-order valence-electron chi connectivity index (χ2n) is 3.84. The van der Waals surface area contributed by atoms with Crippen LogP contribution in [0.15, 0.2) is 33.5 Å². The minimum atomic E-state index is -0.102. The molecule has 0 unspecified atom stereocenters. The number of Topliss-reactive ketones (excluding diaryl/α,β-unsaturated/α-hetero) is 1. The molecule has 2 aromatic rings. The Morgan fingerprint density at radius 1 is 1.31 bits per heavy atom. The van der Waals surface area contributed by atoms with Crippen molar-refractivity contribution in [3.05, 3.63) is 45.8 Å². The molecule has 1 aromatic carbocycles. The van der Waals surface area contributed by atoms with Crippen LogP contribution in [-0.2, 0) is 11.2 Å². The number of rotatable bonds is 2. The number of hydrogen-bond donors (Lipinski definition) is 0. The van der Waals surface area contributed by atoms with Crippen LogP contribution in [-0.4, -0.2) is 5.78 Å². The average molecular weight is 216 g/mol. The molecule has 1 heterocycles. The van der Waals surface area contributed by atoms with Crippen molar-refractivity contribution in [3.63, 3.8) is 0 Å². The molecule has 0 bridgehead atoms. The Morgan fingerprint density at radius 3 is 2.69 bits per heavy atom. The molecule has 0 aliphatic rings. The van der Waals surface area contributed by atoms with E-state index >= 15 is 0 Å². The summed E-state index contributed by atoms with van der Waals surface area (Å²) in [6.07, 6.45) is 0.138. The van der Waals surface area contributed by atoms with Crippen molar-refractivity contribution in [3.8, 4) is 0 Å². The van der Waals surface area contributed by atoms with Crippen LogP contribution in [0.3, 0.4) is 0 Å². The zero-order valence-electron chi connectivity index (χ0n) is 9.24. The van der Waals surface area contributed by atoms with Crippen molar-refractivity contribution < 1.29 is 9.21 Å². The first-order valence-electron chi connectivity index (χ1n) is 5.10. The Kier molecular flexibility index (Phi) is 2.60. The summed E-state index contributed by atoms with van der Waals surface area (Å²) >= 11 is 0. The van der Waals surface area contributed by atoms with Crippen molar-refractivity contribution >= 4 is 16.8 Å². The lowest BCUT2D eigenvalue weighted by atomic mass is 10.1. The maximum absolute atomic E-state index is 12.1. The summed E-state index contributed by atoms with van der Waals surface area (Å²) in [5.41, 5.74) is 0.929. The molecule has 0 atom stereocenters. The molecule has 82 valence electrons. The number of hydrogen-bond acceptors (Lipinski definition) is 3. The van der Waals surface area contributed by atoms with Crippen LogP contribution < -0.4 is 5.43 Å². The first kappa shape index (κ1) is 10.6. The van der Waals surface area contributed by atoms with Crippen molar-refractivity contribution in [2.24, 2.45) is 0 Å². The molecule has 0 aliphatic heterocycles. The van der Waals surface area contributed by atoms with Crippen LogP contribution in [0.2, 0.25) is 0 Å². The van der Waals surface area contributed by atoms with E-state index in [1.165, 1.54) is 6.92 Å². The molecule has 0 saturated heterocycles. The van der Waals surface area contributed by atoms with E-state index in [1.807, 2.05) is 6.07 Å². The third-order valence-electron chi connectivity index (χ3n) is 2.52. The standard InChI is InChI=1S/C13H12O3/c1-8(14)7-11-9(2)16-12-6-4-3-5-10(12)13(11)15/h3-6H,7H2,1-2H3. The molecule has 0 saturated carbocycles. The van der Waals surface area contributed by atoms with Gasteiger partial charge in [-0.05, 0) is 26.0 Å². The van der Waals surface area contributed by atoms with Crippen LogP contribution >= 0.6 is 0 Å². The van der Waals surface area contributed by atoms with Gasteiger partial charge in [-0.2, -0.15) is 0 Å². The SMILES string of the molecule is CC(=O)Cc1c(C)oc2ccccc2c1=O. The predicted octanol–water partition coefficient (Wildman–Crippen LogP) is 2.23. The summed E-state index contributed by atoms with van der Waals surface area (Å²) < 4.78 is 5.52. The van der Waals surface area contributed by atoms with Crippen molar-refractivity contribution in [1.82, 2.24) is 0 Å². The quantitative estimate of drug-likeness (QED) is 0.773. The summed E-state index contributed by atoms with van der Waals surface area (Å²) in [6.45, 7) is 3.18. The highest BCUT2D eigenvalue weighted by Gasteiger charge is 2.12. The molecular formula is C13H12O3. The van der Waals surface area contributed by atoms with Gasteiger partial charge in [-0.1, -0.05) is 12.1 Å². The number of fused-ring (bicyclic) bond motifs is 1. The fourth-order valence-corrected chi connectivity index (χ4v) is 1.75. The number of para-hydroxylation sites is 1. The van der Waals surface area contributed by atoms with Crippen LogP contribution in [0.5, 0.6) is 0 Å².